The van der Waals surface area contributed by atoms with Gasteiger partial charge in [-0.3, -0.25) is 10.1 Å². The molecule has 1 aromatic heterocycles. The smallest absolute Gasteiger partial charge is 0.243 e. The number of nitrogens with one attached hydrogen (secondary N) is 2. The number of aryl methyl sites for hydroxylation is 1. The third-order valence-corrected chi connectivity index (χ3v) is 8.01. The van der Waals surface area contributed by atoms with Gasteiger partial charge in [-0.2, -0.15) is 9.29 Å². The van der Waals surface area contributed by atoms with E-state index in [0.717, 1.165) is 25.7 Å². The van der Waals surface area contributed by atoms with E-state index in [0.29, 0.717) is 30.5 Å². The molecule has 33 heavy (non-hydrogen) atoms. The van der Waals surface area contributed by atoms with Crippen molar-refractivity contribution in [2.45, 2.75) is 69.1 Å². The molecule has 10 nitrogen and oxygen atoms in total. The lowest BCUT2D eigenvalue weighted by Gasteiger charge is -2.34. The second-order valence-corrected chi connectivity index (χ2v) is 10.9. The predicted molar refractivity (Wildman–Crippen MR) is 121 cm³/mol. The Hall–Kier alpha value is -2.34. The predicted octanol–water partition coefficient (Wildman–Crippen LogP) is 2.17. The van der Waals surface area contributed by atoms with Crippen LogP contribution in [0.25, 0.3) is 0 Å². The number of carbonyl (C=O) groups excluding carboxylic acids is 1. The lowest BCUT2D eigenvalue weighted by molar-refractivity contribution is -0.115. The lowest BCUT2D eigenvalue weighted by atomic mass is 9.96. The van der Waals surface area contributed by atoms with Gasteiger partial charge in [0.2, 0.25) is 21.8 Å². The highest BCUT2D eigenvalue weighted by atomic mass is 32.2. The van der Waals surface area contributed by atoms with Crippen molar-refractivity contribution in [1.29, 1.82) is 0 Å². The minimum atomic E-state index is -3.63. The van der Waals surface area contributed by atoms with Crippen molar-refractivity contribution in [1.82, 2.24) is 19.8 Å². The summed E-state index contributed by atoms with van der Waals surface area (Å²) in [7, 11) is -3.63. The maximum atomic E-state index is 13.0. The first-order valence-corrected chi connectivity index (χ1v) is 12.7. The molecule has 1 amide bonds. The van der Waals surface area contributed by atoms with Gasteiger partial charge in [0, 0.05) is 25.7 Å². The number of sulfonamides is 1. The molecule has 2 fully saturated rings. The van der Waals surface area contributed by atoms with Gasteiger partial charge in [0.15, 0.2) is 5.82 Å². The molecule has 2 atom stereocenters. The van der Waals surface area contributed by atoms with Crippen LogP contribution in [0.5, 0.6) is 0 Å². The molecule has 2 N–H and O–H groups in total. The zero-order valence-corrected chi connectivity index (χ0v) is 20.0. The van der Waals surface area contributed by atoms with Crippen LogP contribution in [0.3, 0.4) is 0 Å². The normalized spacial score (nSPS) is 23.5. The van der Waals surface area contributed by atoms with Crippen LogP contribution in [0, 0.1) is 6.92 Å². The highest BCUT2D eigenvalue weighted by Gasteiger charge is 2.40. The van der Waals surface area contributed by atoms with Crippen LogP contribution in [0.2, 0.25) is 0 Å². The van der Waals surface area contributed by atoms with Crippen molar-refractivity contribution < 1.29 is 22.5 Å². The molecule has 1 saturated carbocycles. The van der Waals surface area contributed by atoms with Gasteiger partial charge < -0.3 is 14.6 Å². The number of hydrogen-bond acceptors (Lipinski definition) is 8. The second-order valence-electron chi connectivity index (χ2n) is 8.93. The number of nitrogens with zero attached hydrogens (tertiary/aromatic N) is 3. The molecule has 2 aliphatic rings. The highest BCUT2D eigenvalue weighted by molar-refractivity contribution is 7.89. The maximum absolute atomic E-state index is 13.0. The number of rotatable bonds is 7. The molecule has 0 bridgehead atoms. The van der Waals surface area contributed by atoms with Gasteiger partial charge in [0.25, 0.3) is 0 Å². The molecule has 11 heteroatoms. The van der Waals surface area contributed by atoms with E-state index in [-0.39, 0.29) is 29.6 Å². The highest BCUT2D eigenvalue weighted by Crippen LogP contribution is 2.37. The SMILES string of the molecule is Cc1nc(C2(NCC(=O)Nc3ccc(S(=O)(=O)N4CC(C)OC(C)C4)cc3)CCCC2)no1. The maximum Gasteiger partial charge on any atom is 0.243 e. The van der Waals surface area contributed by atoms with E-state index in [1.54, 1.807) is 19.1 Å². The zero-order valence-electron chi connectivity index (χ0n) is 19.2. The summed E-state index contributed by atoms with van der Waals surface area (Å²) in [6.07, 6.45) is 3.41. The fourth-order valence-electron chi connectivity index (χ4n) is 4.59. The molecular formula is C22H31N5O5S. The van der Waals surface area contributed by atoms with E-state index < -0.39 is 15.6 Å². The molecule has 1 aliphatic carbocycles. The molecule has 0 radical (unpaired) electrons. The molecule has 1 saturated heterocycles. The Morgan fingerprint density at radius 2 is 1.79 bits per heavy atom. The van der Waals surface area contributed by atoms with Crippen LogP contribution in [-0.2, 0) is 25.1 Å². The van der Waals surface area contributed by atoms with Crippen molar-refractivity contribution in [3.8, 4) is 0 Å². The Balaban J connectivity index is 1.37. The number of hydrogen-bond donors (Lipinski definition) is 2. The molecule has 2 unspecified atom stereocenters. The fraction of sp³-hybridized carbons (Fsp3) is 0.591. The third-order valence-electron chi connectivity index (χ3n) is 6.16. The third kappa shape index (κ3) is 5.26. The number of morpholine rings is 1. The van der Waals surface area contributed by atoms with E-state index >= 15 is 0 Å². The minimum absolute atomic E-state index is 0.0805. The summed E-state index contributed by atoms with van der Waals surface area (Å²) in [5.74, 6) is 0.859. The molecule has 180 valence electrons. The number of aromatic nitrogens is 2. The molecule has 4 rings (SSSR count). The van der Waals surface area contributed by atoms with Gasteiger partial charge in [0.05, 0.1) is 29.2 Å². The summed E-state index contributed by atoms with van der Waals surface area (Å²) in [5.41, 5.74) is 0.0692. The van der Waals surface area contributed by atoms with Gasteiger partial charge in [-0.15, -0.1) is 0 Å². The zero-order chi connectivity index (χ0) is 23.6. The first kappa shape index (κ1) is 23.8. The molecule has 0 spiro atoms. The summed E-state index contributed by atoms with van der Waals surface area (Å²) in [6.45, 7) is 6.19. The Morgan fingerprint density at radius 1 is 1.15 bits per heavy atom. The van der Waals surface area contributed by atoms with E-state index in [9.17, 15) is 13.2 Å². The molecule has 2 heterocycles. The summed E-state index contributed by atoms with van der Waals surface area (Å²) < 4.78 is 38.2. The quantitative estimate of drug-likeness (QED) is 0.621. The largest absolute Gasteiger partial charge is 0.373 e. The average molecular weight is 478 g/mol. The van der Waals surface area contributed by atoms with Gasteiger partial charge in [-0.1, -0.05) is 18.0 Å². The number of amides is 1. The van der Waals surface area contributed by atoms with E-state index in [1.807, 2.05) is 13.8 Å². The molecular weight excluding hydrogens is 446 g/mol. The summed E-state index contributed by atoms with van der Waals surface area (Å²) >= 11 is 0. The van der Waals surface area contributed by atoms with Crippen molar-refractivity contribution in [2.24, 2.45) is 0 Å². The van der Waals surface area contributed by atoms with Crippen molar-refractivity contribution in [2.75, 3.05) is 25.0 Å². The van der Waals surface area contributed by atoms with E-state index in [2.05, 4.69) is 20.8 Å². The van der Waals surface area contributed by atoms with Crippen LogP contribution in [0.1, 0.15) is 51.2 Å². The topological polar surface area (TPSA) is 127 Å². The summed E-state index contributed by atoms with van der Waals surface area (Å²) in [6, 6.07) is 6.24. The van der Waals surface area contributed by atoms with Crippen molar-refractivity contribution in [3.63, 3.8) is 0 Å². The van der Waals surface area contributed by atoms with E-state index in [4.69, 9.17) is 9.26 Å². The van der Waals surface area contributed by atoms with Gasteiger partial charge in [-0.05, 0) is 51.0 Å². The van der Waals surface area contributed by atoms with Crippen LogP contribution < -0.4 is 10.6 Å². The standard InChI is InChI=1S/C22H31N5O5S/c1-15-13-27(14-16(2)31-15)33(29,30)19-8-6-18(7-9-19)25-20(28)12-23-22(10-4-5-11-22)21-24-17(3)32-26-21/h6-9,15-16,23H,4-5,10-14H2,1-3H3,(H,25,28). The van der Waals surface area contributed by atoms with Crippen LogP contribution >= 0.6 is 0 Å². The van der Waals surface area contributed by atoms with Gasteiger partial charge >= 0.3 is 0 Å². The second kappa shape index (κ2) is 9.49. The fourth-order valence-corrected chi connectivity index (χ4v) is 6.18. The van der Waals surface area contributed by atoms with Crippen LogP contribution in [0.15, 0.2) is 33.7 Å². The Kier molecular flexibility index (Phi) is 6.85. The number of ether oxygens (including phenoxy) is 1. The van der Waals surface area contributed by atoms with Gasteiger partial charge in [0.1, 0.15) is 0 Å². The molecule has 1 aromatic carbocycles. The molecule has 2 aromatic rings. The first-order valence-electron chi connectivity index (χ1n) is 11.3. The first-order chi connectivity index (χ1) is 15.7. The number of anilines is 1. The average Bonchev–Trinajstić information content (AvgIpc) is 3.42. The Morgan fingerprint density at radius 3 is 2.36 bits per heavy atom. The lowest BCUT2D eigenvalue weighted by Crippen LogP contribution is -2.48. The van der Waals surface area contributed by atoms with Crippen molar-refractivity contribution >= 4 is 21.6 Å². The van der Waals surface area contributed by atoms with Crippen molar-refractivity contribution in [3.05, 3.63) is 36.0 Å². The summed E-state index contributed by atoms with van der Waals surface area (Å²) in [4.78, 5) is 17.1. The molecule has 1 aliphatic heterocycles. The number of benzene rings is 1. The Bertz CT molecular complexity index is 1070. The van der Waals surface area contributed by atoms with Gasteiger partial charge in [-0.25, -0.2) is 8.42 Å². The number of carbonyl (C=O) groups is 1. The minimum Gasteiger partial charge on any atom is -0.373 e. The van der Waals surface area contributed by atoms with Crippen LogP contribution in [0.4, 0.5) is 5.69 Å². The Labute approximate surface area is 194 Å². The van der Waals surface area contributed by atoms with E-state index in [1.165, 1.54) is 16.4 Å². The van der Waals surface area contributed by atoms with Crippen LogP contribution in [-0.4, -0.2) is 60.6 Å². The summed E-state index contributed by atoms with van der Waals surface area (Å²) in [5, 5.41) is 10.2. The monoisotopic (exact) mass is 477 g/mol.